The van der Waals surface area contributed by atoms with Crippen LogP contribution in [0.2, 0.25) is 0 Å². The molecule has 0 saturated carbocycles. The molecule has 1 atom stereocenters. The average molecular weight is 572 g/mol. The van der Waals surface area contributed by atoms with E-state index in [1.165, 1.54) is 11.3 Å². The van der Waals surface area contributed by atoms with Gasteiger partial charge in [-0.05, 0) is 44.4 Å². The maximum atomic E-state index is 12.2. The topological polar surface area (TPSA) is 110 Å². The van der Waals surface area contributed by atoms with Crippen LogP contribution >= 0.6 is 11.3 Å². The van der Waals surface area contributed by atoms with Crippen LogP contribution in [0.4, 0.5) is 5.13 Å². The van der Waals surface area contributed by atoms with Gasteiger partial charge in [-0.25, -0.2) is 9.78 Å². The number of thiazole rings is 1. The van der Waals surface area contributed by atoms with Crippen LogP contribution in [0.25, 0.3) is 0 Å². The number of nitrogens with zero attached hydrogens (tertiary/aromatic N) is 2. The Kier molecular flexibility index (Phi) is 9.19. The van der Waals surface area contributed by atoms with Crippen molar-refractivity contribution in [3.8, 4) is 0 Å². The average Bonchev–Trinajstić information content (AvgIpc) is 3.42. The second-order valence-corrected chi connectivity index (χ2v) is 11.3. The van der Waals surface area contributed by atoms with Crippen molar-refractivity contribution in [2.75, 3.05) is 11.9 Å². The first-order chi connectivity index (χ1) is 19.6. The van der Waals surface area contributed by atoms with E-state index in [9.17, 15) is 14.7 Å². The van der Waals surface area contributed by atoms with E-state index in [1.807, 2.05) is 91.0 Å². The lowest BCUT2D eigenvalue weighted by Crippen LogP contribution is -2.38. The van der Waals surface area contributed by atoms with Gasteiger partial charge in [-0.2, -0.15) is 0 Å². The molecule has 0 spiro atoms. The summed E-state index contributed by atoms with van der Waals surface area (Å²) in [4.78, 5) is 34.2. The standard InChI is InChI=1S/C32H33N3O5S/c1-22(29(38)40-31(2,3)4)20-39-35-27(28(36)37)26-21-41-30(33-26)34-32(23-14-8-5-9-15-23,24-16-10-6-11-17-24)25-18-12-7-13-19-25/h5-19,21-22H,20H2,1-4H3,(H,33,34)(H,36,37). The Morgan fingerprint density at radius 3 is 1.83 bits per heavy atom. The van der Waals surface area contributed by atoms with Gasteiger partial charge in [0.1, 0.15) is 23.4 Å². The van der Waals surface area contributed by atoms with Gasteiger partial charge in [0.05, 0.1) is 5.92 Å². The minimum atomic E-state index is -1.30. The lowest BCUT2D eigenvalue weighted by Gasteiger charge is -2.36. The van der Waals surface area contributed by atoms with E-state index in [2.05, 4.69) is 15.5 Å². The minimum absolute atomic E-state index is 0.137. The minimum Gasteiger partial charge on any atom is -0.476 e. The molecule has 8 nitrogen and oxygen atoms in total. The molecule has 0 fully saturated rings. The highest BCUT2D eigenvalue weighted by atomic mass is 32.1. The highest BCUT2D eigenvalue weighted by Crippen LogP contribution is 2.40. The normalized spacial score (nSPS) is 12.8. The summed E-state index contributed by atoms with van der Waals surface area (Å²) in [5.74, 6) is -2.39. The van der Waals surface area contributed by atoms with Gasteiger partial charge >= 0.3 is 11.9 Å². The Bertz CT molecular complexity index is 1390. The number of carbonyl (C=O) groups is 2. The number of hydrogen-bond acceptors (Lipinski definition) is 8. The van der Waals surface area contributed by atoms with Gasteiger partial charge in [-0.15, -0.1) is 11.3 Å². The molecule has 0 aliphatic rings. The van der Waals surface area contributed by atoms with Crippen LogP contribution < -0.4 is 5.32 Å². The zero-order valence-corrected chi connectivity index (χ0v) is 24.2. The SMILES string of the molecule is CC(CON=C(C(=O)O)c1csc(NC(c2ccccc2)(c2ccccc2)c2ccccc2)n1)C(=O)OC(C)(C)C. The summed E-state index contributed by atoms with van der Waals surface area (Å²) in [6.07, 6.45) is 0. The molecule has 4 aromatic rings. The molecular formula is C32H33N3O5S. The number of aliphatic carboxylic acids is 1. The highest BCUT2D eigenvalue weighted by molar-refractivity contribution is 7.14. The third kappa shape index (κ3) is 7.18. The fourth-order valence-electron chi connectivity index (χ4n) is 4.26. The number of hydrogen-bond donors (Lipinski definition) is 2. The number of carboxylic acid groups (broad SMARTS) is 1. The summed E-state index contributed by atoms with van der Waals surface area (Å²) in [6.45, 7) is 6.81. The van der Waals surface area contributed by atoms with E-state index in [1.54, 1.807) is 33.1 Å². The molecule has 0 bridgehead atoms. The van der Waals surface area contributed by atoms with Crippen molar-refractivity contribution in [1.29, 1.82) is 0 Å². The van der Waals surface area contributed by atoms with E-state index >= 15 is 0 Å². The highest BCUT2D eigenvalue weighted by Gasteiger charge is 2.37. The van der Waals surface area contributed by atoms with E-state index in [4.69, 9.17) is 9.57 Å². The van der Waals surface area contributed by atoms with Gasteiger partial charge in [0.2, 0.25) is 5.71 Å². The predicted molar refractivity (Wildman–Crippen MR) is 160 cm³/mol. The molecular weight excluding hydrogens is 538 g/mol. The Morgan fingerprint density at radius 2 is 1.39 bits per heavy atom. The zero-order chi connectivity index (χ0) is 29.5. The maximum absolute atomic E-state index is 12.2. The number of carboxylic acids is 1. The molecule has 3 aromatic carbocycles. The second-order valence-electron chi connectivity index (χ2n) is 10.5. The third-order valence-electron chi connectivity index (χ3n) is 6.15. The number of ether oxygens (including phenoxy) is 1. The first kappa shape index (κ1) is 29.5. The predicted octanol–water partition coefficient (Wildman–Crippen LogP) is 6.33. The number of benzene rings is 3. The van der Waals surface area contributed by atoms with Crippen molar-refractivity contribution in [3.63, 3.8) is 0 Å². The molecule has 1 heterocycles. The van der Waals surface area contributed by atoms with Crippen molar-refractivity contribution in [1.82, 2.24) is 4.98 Å². The monoisotopic (exact) mass is 571 g/mol. The second kappa shape index (κ2) is 12.8. The molecule has 2 N–H and O–H groups in total. The smallest absolute Gasteiger partial charge is 0.360 e. The molecule has 9 heteroatoms. The Labute approximate surface area is 243 Å². The molecule has 212 valence electrons. The molecule has 0 saturated heterocycles. The molecule has 4 rings (SSSR count). The molecule has 41 heavy (non-hydrogen) atoms. The van der Waals surface area contributed by atoms with Crippen molar-refractivity contribution in [3.05, 3.63) is 119 Å². The van der Waals surface area contributed by atoms with Crippen molar-refractivity contribution in [2.24, 2.45) is 11.1 Å². The van der Waals surface area contributed by atoms with Crippen LogP contribution in [-0.2, 0) is 24.7 Å². The van der Waals surface area contributed by atoms with Crippen LogP contribution in [0.1, 0.15) is 50.1 Å². The van der Waals surface area contributed by atoms with Crippen LogP contribution in [0.3, 0.4) is 0 Å². The van der Waals surface area contributed by atoms with Gasteiger partial charge in [0, 0.05) is 5.38 Å². The van der Waals surface area contributed by atoms with Gasteiger partial charge < -0.3 is 20.0 Å². The van der Waals surface area contributed by atoms with E-state index in [0.29, 0.717) is 5.13 Å². The molecule has 0 aliphatic carbocycles. The molecule has 0 aliphatic heterocycles. The van der Waals surface area contributed by atoms with Crippen LogP contribution in [0.5, 0.6) is 0 Å². The lowest BCUT2D eigenvalue weighted by atomic mass is 9.77. The summed E-state index contributed by atoms with van der Waals surface area (Å²) in [5, 5.41) is 19.4. The number of rotatable bonds is 11. The van der Waals surface area contributed by atoms with Gasteiger partial charge in [-0.3, -0.25) is 4.79 Å². The number of nitrogens with one attached hydrogen (secondary N) is 1. The first-order valence-electron chi connectivity index (χ1n) is 13.2. The Balaban J connectivity index is 1.66. The van der Waals surface area contributed by atoms with Crippen molar-refractivity contribution in [2.45, 2.75) is 38.8 Å². The summed E-state index contributed by atoms with van der Waals surface area (Å²) in [6, 6.07) is 30.1. The summed E-state index contributed by atoms with van der Waals surface area (Å²) < 4.78 is 5.35. The van der Waals surface area contributed by atoms with Crippen molar-refractivity contribution >= 4 is 34.1 Å². The fourth-order valence-corrected chi connectivity index (χ4v) is 5.01. The maximum Gasteiger partial charge on any atom is 0.360 e. The Morgan fingerprint density at radius 1 is 0.902 bits per heavy atom. The van der Waals surface area contributed by atoms with E-state index in [0.717, 1.165) is 16.7 Å². The first-order valence-corrected chi connectivity index (χ1v) is 14.0. The molecule has 0 radical (unpaired) electrons. The van der Waals surface area contributed by atoms with Gasteiger partial charge in [-0.1, -0.05) is 96.2 Å². The van der Waals surface area contributed by atoms with Gasteiger partial charge in [0.25, 0.3) is 0 Å². The fraction of sp³-hybridized carbons (Fsp3) is 0.250. The van der Waals surface area contributed by atoms with Crippen LogP contribution in [0, 0.1) is 5.92 Å². The number of anilines is 1. The molecule has 1 aromatic heterocycles. The Hall–Kier alpha value is -4.50. The number of esters is 1. The van der Waals surface area contributed by atoms with Crippen LogP contribution in [-0.4, -0.2) is 39.9 Å². The summed E-state index contributed by atoms with van der Waals surface area (Å²) >= 11 is 1.26. The number of carbonyl (C=O) groups excluding carboxylic acids is 1. The summed E-state index contributed by atoms with van der Waals surface area (Å²) in [5.41, 5.74) is 1.27. The number of oxime groups is 1. The quantitative estimate of drug-likeness (QED) is 0.0937. The lowest BCUT2D eigenvalue weighted by molar-refractivity contribution is -0.161. The van der Waals surface area contributed by atoms with E-state index in [-0.39, 0.29) is 18.0 Å². The van der Waals surface area contributed by atoms with Crippen LogP contribution in [0.15, 0.2) is 102 Å². The largest absolute Gasteiger partial charge is 0.476 e. The van der Waals surface area contributed by atoms with E-state index < -0.39 is 29.0 Å². The summed E-state index contributed by atoms with van der Waals surface area (Å²) in [7, 11) is 0. The zero-order valence-electron chi connectivity index (χ0n) is 23.4. The number of aromatic nitrogens is 1. The molecule has 1 unspecified atom stereocenters. The van der Waals surface area contributed by atoms with Gasteiger partial charge in [0.15, 0.2) is 5.13 Å². The van der Waals surface area contributed by atoms with Crippen molar-refractivity contribution < 1.29 is 24.3 Å². The third-order valence-corrected chi connectivity index (χ3v) is 6.91. The molecule has 0 amide bonds.